The average molecular weight is 201 g/mol. The van der Waals surface area contributed by atoms with Gasteiger partial charge in [-0.3, -0.25) is 0 Å². The Morgan fingerprint density at radius 1 is 1.23 bits per heavy atom. The summed E-state index contributed by atoms with van der Waals surface area (Å²) in [4.78, 5) is 0. The second kappa shape index (κ2) is 5.10. The SMILES string of the molecule is COc1ccc(C(CCl)OC)cc1. The van der Waals surface area contributed by atoms with Crippen molar-refractivity contribution in [3.63, 3.8) is 0 Å². The van der Waals surface area contributed by atoms with Gasteiger partial charge >= 0.3 is 0 Å². The first kappa shape index (κ1) is 10.4. The molecule has 13 heavy (non-hydrogen) atoms. The standard InChI is InChI=1S/C10H13ClO2/c1-12-9-5-3-8(4-6-9)10(7-11)13-2/h3-6,10H,7H2,1-2H3. The fraction of sp³-hybridized carbons (Fsp3) is 0.400. The van der Waals surface area contributed by atoms with E-state index in [1.807, 2.05) is 24.3 Å². The maximum absolute atomic E-state index is 5.72. The molecule has 3 heteroatoms. The molecule has 0 amide bonds. The summed E-state index contributed by atoms with van der Waals surface area (Å²) in [5.74, 6) is 1.30. The van der Waals surface area contributed by atoms with E-state index in [2.05, 4.69) is 0 Å². The first-order valence-corrected chi connectivity index (χ1v) is 4.58. The minimum Gasteiger partial charge on any atom is -0.497 e. The van der Waals surface area contributed by atoms with E-state index in [1.54, 1.807) is 14.2 Å². The molecule has 1 rings (SSSR count). The van der Waals surface area contributed by atoms with E-state index >= 15 is 0 Å². The molecule has 0 saturated heterocycles. The van der Waals surface area contributed by atoms with Gasteiger partial charge in [-0.1, -0.05) is 12.1 Å². The van der Waals surface area contributed by atoms with Crippen LogP contribution in [0.3, 0.4) is 0 Å². The summed E-state index contributed by atoms with van der Waals surface area (Å²) < 4.78 is 10.2. The summed E-state index contributed by atoms with van der Waals surface area (Å²) >= 11 is 5.72. The van der Waals surface area contributed by atoms with E-state index < -0.39 is 0 Å². The van der Waals surface area contributed by atoms with E-state index in [0.29, 0.717) is 5.88 Å². The van der Waals surface area contributed by atoms with E-state index in [-0.39, 0.29) is 6.10 Å². The number of methoxy groups -OCH3 is 2. The van der Waals surface area contributed by atoms with Crippen molar-refractivity contribution in [2.45, 2.75) is 6.10 Å². The van der Waals surface area contributed by atoms with Crippen LogP contribution in [0.4, 0.5) is 0 Å². The highest BCUT2D eigenvalue weighted by Crippen LogP contribution is 2.20. The highest BCUT2D eigenvalue weighted by molar-refractivity contribution is 6.18. The van der Waals surface area contributed by atoms with E-state index in [4.69, 9.17) is 21.1 Å². The molecule has 2 nitrogen and oxygen atoms in total. The Labute approximate surface area is 83.4 Å². The number of rotatable bonds is 4. The molecule has 0 bridgehead atoms. The molecule has 0 aliphatic heterocycles. The minimum atomic E-state index is -0.0347. The van der Waals surface area contributed by atoms with Crippen molar-refractivity contribution >= 4 is 11.6 Å². The maximum atomic E-state index is 5.72. The number of hydrogen-bond donors (Lipinski definition) is 0. The van der Waals surface area contributed by atoms with Crippen molar-refractivity contribution in [3.8, 4) is 5.75 Å². The highest BCUT2D eigenvalue weighted by Gasteiger charge is 2.07. The van der Waals surface area contributed by atoms with Gasteiger partial charge in [-0.2, -0.15) is 0 Å². The van der Waals surface area contributed by atoms with Gasteiger partial charge in [-0.05, 0) is 17.7 Å². The first-order valence-electron chi connectivity index (χ1n) is 4.04. The highest BCUT2D eigenvalue weighted by atomic mass is 35.5. The van der Waals surface area contributed by atoms with E-state index in [1.165, 1.54) is 0 Å². The summed E-state index contributed by atoms with van der Waals surface area (Å²) in [5.41, 5.74) is 1.07. The van der Waals surface area contributed by atoms with Gasteiger partial charge < -0.3 is 9.47 Å². The largest absolute Gasteiger partial charge is 0.497 e. The number of halogens is 1. The molecular formula is C10H13ClO2. The monoisotopic (exact) mass is 200 g/mol. The predicted octanol–water partition coefficient (Wildman–Crippen LogP) is 2.62. The molecule has 0 fully saturated rings. The quantitative estimate of drug-likeness (QED) is 0.696. The van der Waals surface area contributed by atoms with Crippen molar-refractivity contribution in [3.05, 3.63) is 29.8 Å². The van der Waals surface area contributed by atoms with Crippen LogP contribution < -0.4 is 4.74 Å². The van der Waals surface area contributed by atoms with Crippen molar-refractivity contribution in [2.75, 3.05) is 20.1 Å². The molecule has 1 atom stereocenters. The average Bonchev–Trinajstić information content (AvgIpc) is 2.21. The second-order valence-electron chi connectivity index (χ2n) is 2.65. The molecule has 0 N–H and O–H groups in total. The molecule has 0 saturated carbocycles. The molecule has 72 valence electrons. The van der Waals surface area contributed by atoms with Gasteiger partial charge in [0.05, 0.1) is 19.1 Å². The van der Waals surface area contributed by atoms with E-state index in [0.717, 1.165) is 11.3 Å². The summed E-state index contributed by atoms with van der Waals surface area (Å²) in [6.07, 6.45) is -0.0347. The number of benzene rings is 1. The van der Waals surface area contributed by atoms with Crippen LogP contribution in [0.1, 0.15) is 11.7 Å². The van der Waals surface area contributed by atoms with Gasteiger partial charge in [0.15, 0.2) is 0 Å². The number of hydrogen-bond acceptors (Lipinski definition) is 2. The van der Waals surface area contributed by atoms with Crippen LogP contribution in [-0.2, 0) is 4.74 Å². The lowest BCUT2D eigenvalue weighted by molar-refractivity contribution is 0.122. The molecular weight excluding hydrogens is 188 g/mol. The normalized spacial score (nSPS) is 12.5. The molecule has 0 aliphatic carbocycles. The Balaban J connectivity index is 2.78. The topological polar surface area (TPSA) is 18.5 Å². The maximum Gasteiger partial charge on any atom is 0.118 e. The van der Waals surface area contributed by atoms with Crippen LogP contribution in [0.15, 0.2) is 24.3 Å². The van der Waals surface area contributed by atoms with Gasteiger partial charge in [0.1, 0.15) is 5.75 Å². The zero-order valence-electron chi connectivity index (χ0n) is 7.79. The molecule has 0 aromatic heterocycles. The third kappa shape index (κ3) is 2.61. The fourth-order valence-electron chi connectivity index (χ4n) is 1.11. The van der Waals surface area contributed by atoms with Crippen molar-refractivity contribution in [1.82, 2.24) is 0 Å². The number of ether oxygens (including phenoxy) is 2. The Morgan fingerprint density at radius 3 is 2.23 bits per heavy atom. The van der Waals surface area contributed by atoms with Crippen LogP contribution in [0.25, 0.3) is 0 Å². The van der Waals surface area contributed by atoms with Crippen molar-refractivity contribution < 1.29 is 9.47 Å². The Bertz CT molecular complexity index is 242. The van der Waals surface area contributed by atoms with Crippen LogP contribution in [-0.4, -0.2) is 20.1 Å². The zero-order valence-corrected chi connectivity index (χ0v) is 8.54. The summed E-state index contributed by atoms with van der Waals surface area (Å²) in [6.45, 7) is 0. The van der Waals surface area contributed by atoms with Gasteiger partial charge in [-0.15, -0.1) is 11.6 Å². The minimum absolute atomic E-state index is 0.0347. The lowest BCUT2D eigenvalue weighted by Crippen LogP contribution is -2.02. The molecule has 0 heterocycles. The Kier molecular flexibility index (Phi) is 4.06. The Morgan fingerprint density at radius 2 is 1.85 bits per heavy atom. The summed E-state index contributed by atoms with van der Waals surface area (Å²) in [5, 5.41) is 0. The molecule has 0 aliphatic rings. The van der Waals surface area contributed by atoms with Gasteiger partial charge in [0.25, 0.3) is 0 Å². The van der Waals surface area contributed by atoms with Crippen LogP contribution >= 0.6 is 11.6 Å². The molecule has 1 aromatic carbocycles. The van der Waals surface area contributed by atoms with Crippen LogP contribution in [0.2, 0.25) is 0 Å². The predicted molar refractivity (Wildman–Crippen MR) is 53.5 cm³/mol. The van der Waals surface area contributed by atoms with Crippen LogP contribution in [0.5, 0.6) is 5.75 Å². The van der Waals surface area contributed by atoms with Gasteiger partial charge in [0, 0.05) is 7.11 Å². The fourth-order valence-corrected chi connectivity index (χ4v) is 1.41. The molecule has 0 spiro atoms. The van der Waals surface area contributed by atoms with Crippen molar-refractivity contribution in [2.24, 2.45) is 0 Å². The molecule has 1 aromatic rings. The zero-order chi connectivity index (χ0) is 9.68. The van der Waals surface area contributed by atoms with E-state index in [9.17, 15) is 0 Å². The van der Waals surface area contributed by atoms with Crippen molar-refractivity contribution in [1.29, 1.82) is 0 Å². The summed E-state index contributed by atoms with van der Waals surface area (Å²) in [7, 11) is 3.29. The lowest BCUT2D eigenvalue weighted by Gasteiger charge is -2.12. The lowest BCUT2D eigenvalue weighted by atomic mass is 10.1. The first-order chi connectivity index (χ1) is 6.31. The van der Waals surface area contributed by atoms with Gasteiger partial charge in [0.2, 0.25) is 0 Å². The van der Waals surface area contributed by atoms with Gasteiger partial charge in [-0.25, -0.2) is 0 Å². The third-order valence-electron chi connectivity index (χ3n) is 1.91. The molecule has 0 radical (unpaired) electrons. The number of alkyl halides is 1. The third-order valence-corrected chi connectivity index (χ3v) is 2.19. The smallest absolute Gasteiger partial charge is 0.118 e. The van der Waals surface area contributed by atoms with Crippen LogP contribution in [0, 0.1) is 0 Å². The molecule has 1 unspecified atom stereocenters. The second-order valence-corrected chi connectivity index (χ2v) is 2.96. The summed E-state index contributed by atoms with van der Waals surface area (Å²) in [6, 6.07) is 7.70. The Hall–Kier alpha value is -0.730.